The van der Waals surface area contributed by atoms with Gasteiger partial charge in [0.15, 0.2) is 6.79 Å². The number of halogens is 1. The van der Waals surface area contributed by atoms with Gasteiger partial charge in [0, 0.05) is 16.1 Å². The van der Waals surface area contributed by atoms with E-state index in [1.54, 1.807) is 36.4 Å². The van der Waals surface area contributed by atoms with Crippen molar-refractivity contribution >= 4 is 17.6 Å². The number of carbonyl (C=O) groups excluding carboxylic acids is 1. The number of carbonyl (C=O) groups is 1. The molecule has 4 nitrogen and oxygen atoms in total. The van der Waals surface area contributed by atoms with Crippen molar-refractivity contribution in [2.24, 2.45) is 0 Å². The van der Waals surface area contributed by atoms with Crippen LogP contribution in [0, 0.1) is 0 Å². The molecule has 1 aliphatic rings. The molecule has 21 heavy (non-hydrogen) atoms. The van der Waals surface area contributed by atoms with Crippen LogP contribution < -0.4 is 4.74 Å². The van der Waals surface area contributed by atoms with Crippen LogP contribution in [0.2, 0.25) is 5.02 Å². The number of rotatable bonds is 3. The van der Waals surface area contributed by atoms with Crippen molar-refractivity contribution in [2.75, 3.05) is 6.79 Å². The third kappa shape index (κ3) is 3.17. The lowest BCUT2D eigenvalue weighted by Crippen LogP contribution is -2.14. The second kappa shape index (κ2) is 6.16. The van der Waals surface area contributed by atoms with Gasteiger partial charge in [0.1, 0.15) is 12.4 Å². The average molecular weight is 305 g/mol. The van der Waals surface area contributed by atoms with Crippen LogP contribution in [0.1, 0.15) is 21.5 Å². The number of benzene rings is 2. The Kier molecular flexibility index (Phi) is 4.08. The fourth-order valence-corrected chi connectivity index (χ4v) is 2.43. The van der Waals surface area contributed by atoms with Gasteiger partial charge in [-0.25, -0.2) is 4.79 Å². The van der Waals surface area contributed by atoms with Crippen molar-refractivity contribution in [3.63, 3.8) is 0 Å². The molecule has 1 heterocycles. The maximum atomic E-state index is 12.0. The largest absolute Gasteiger partial charge is 0.467 e. The first-order valence-electron chi connectivity index (χ1n) is 6.48. The monoisotopic (exact) mass is 304 g/mol. The Bertz CT molecular complexity index is 655. The van der Waals surface area contributed by atoms with E-state index in [9.17, 15) is 4.79 Å². The Morgan fingerprint density at radius 2 is 2.05 bits per heavy atom. The lowest BCUT2D eigenvalue weighted by Gasteiger charge is -2.21. The number of esters is 1. The molecule has 0 bridgehead atoms. The molecular formula is C16H13ClO4. The SMILES string of the molecule is O=C(OCc1cc(Cl)cc2c1OCOC2)c1ccccc1. The van der Waals surface area contributed by atoms with Crippen LogP contribution in [0.3, 0.4) is 0 Å². The second-order valence-electron chi connectivity index (χ2n) is 4.61. The van der Waals surface area contributed by atoms with E-state index in [1.807, 2.05) is 6.07 Å². The minimum atomic E-state index is -0.378. The normalized spacial score (nSPS) is 13.2. The van der Waals surface area contributed by atoms with Gasteiger partial charge in [0.2, 0.25) is 0 Å². The van der Waals surface area contributed by atoms with Crippen LogP contribution in [-0.2, 0) is 22.7 Å². The van der Waals surface area contributed by atoms with E-state index < -0.39 is 0 Å². The van der Waals surface area contributed by atoms with Gasteiger partial charge in [-0.15, -0.1) is 0 Å². The maximum Gasteiger partial charge on any atom is 0.338 e. The zero-order chi connectivity index (χ0) is 14.7. The third-order valence-corrected chi connectivity index (χ3v) is 3.34. The molecule has 0 aromatic heterocycles. The van der Waals surface area contributed by atoms with Gasteiger partial charge >= 0.3 is 5.97 Å². The molecule has 0 unspecified atom stereocenters. The van der Waals surface area contributed by atoms with Gasteiger partial charge in [-0.05, 0) is 24.3 Å². The molecule has 1 aliphatic heterocycles. The van der Waals surface area contributed by atoms with Crippen LogP contribution in [0.25, 0.3) is 0 Å². The Morgan fingerprint density at radius 1 is 1.24 bits per heavy atom. The number of fused-ring (bicyclic) bond motifs is 1. The summed E-state index contributed by atoms with van der Waals surface area (Å²) in [5, 5.41) is 0.564. The predicted octanol–water partition coefficient (Wildman–Crippen LogP) is 3.56. The molecule has 3 rings (SSSR count). The Morgan fingerprint density at radius 3 is 2.86 bits per heavy atom. The molecule has 0 fully saturated rings. The summed E-state index contributed by atoms with van der Waals surface area (Å²) in [5.41, 5.74) is 2.11. The quantitative estimate of drug-likeness (QED) is 0.813. The highest BCUT2D eigenvalue weighted by Crippen LogP contribution is 2.32. The summed E-state index contributed by atoms with van der Waals surface area (Å²) >= 11 is 6.06. The van der Waals surface area contributed by atoms with Gasteiger partial charge in [0.25, 0.3) is 0 Å². The highest BCUT2D eigenvalue weighted by Gasteiger charge is 2.17. The van der Waals surface area contributed by atoms with E-state index >= 15 is 0 Å². The van der Waals surface area contributed by atoms with Crippen LogP contribution in [0.4, 0.5) is 0 Å². The number of hydrogen-bond donors (Lipinski definition) is 0. The molecule has 0 spiro atoms. The predicted molar refractivity (Wildman–Crippen MR) is 77.3 cm³/mol. The lowest BCUT2D eigenvalue weighted by atomic mass is 10.1. The van der Waals surface area contributed by atoms with Gasteiger partial charge in [-0.2, -0.15) is 0 Å². The van der Waals surface area contributed by atoms with Crippen molar-refractivity contribution in [1.82, 2.24) is 0 Å². The van der Waals surface area contributed by atoms with E-state index in [0.29, 0.717) is 22.9 Å². The molecule has 0 radical (unpaired) electrons. The van der Waals surface area contributed by atoms with Crippen LogP contribution in [0.15, 0.2) is 42.5 Å². The first-order chi connectivity index (χ1) is 10.2. The maximum absolute atomic E-state index is 12.0. The lowest BCUT2D eigenvalue weighted by molar-refractivity contribution is -0.0180. The van der Waals surface area contributed by atoms with E-state index in [2.05, 4.69) is 0 Å². The molecule has 0 saturated heterocycles. The third-order valence-electron chi connectivity index (χ3n) is 3.12. The Hall–Kier alpha value is -2.04. The zero-order valence-corrected chi connectivity index (χ0v) is 11.9. The van der Waals surface area contributed by atoms with Crippen molar-refractivity contribution in [3.05, 3.63) is 64.2 Å². The van der Waals surface area contributed by atoms with E-state index in [0.717, 1.165) is 11.1 Å². The molecule has 0 amide bonds. The van der Waals surface area contributed by atoms with Crippen LogP contribution >= 0.6 is 11.6 Å². The molecule has 108 valence electrons. The van der Waals surface area contributed by atoms with Crippen molar-refractivity contribution in [1.29, 1.82) is 0 Å². The molecule has 0 aliphatic carbocycles. The van der Waals surface area contributed by atoms with Crippen molar-refractivity contribution < 1.29 is 19.0 Å². The van der Waals surface area contributed by atoms with Crippen LogP contribution in [-0.4, -0.2) is 12.8 Å². The Balaban J connectivity index is 1.76. The zero-order valence-electron chi connectivity index (χ0n) is 11.2. The van der Waals surface area contributed by atoms with E-state index in [-0.39, 0.29) is 19.4 Å². The number of hydrogen-bond acceptors (Lipinski definition) is 4. The van der Waals surface area contributed by atoms with Crippen molar-refractivity contribution in [2.45, 2.75) is 13.2 Å². The minimum Gasteiger partial charge on any atom is -0.467 e. The molecule has 0 saturated carbocycles. The molecule has 2 aromatic carbocycles. The second-order valence-corrected chi connectivity index (χ2v) is 5.04. The summed E-state index contributed by atoms with van der Waals surface area (Å²) in [6, 6.07) is 12.4. The molecule has 0 N–H and O–H groups in total. The van der Waals surface area contributed by atoms with E-state index in [1.165, 1.54) is 0 Å². The summed E-state index contributed by atoms with van der Waals surface area (Å²) in [6.45, 7) is 0.737. The first-order valence-corrected chi connectivity index (χ1v) is 6.86. The van der Waals surface area contributed by atoms with Crippen LogP contribution in [0.5, 0.6) is 5.75 Å². The summed E-state index contributed by atoms with van der Waals surface area (Å²) < 4.78 is 16.0. The highest BCUT2D eigenvalue weighted by atomic mass is 35.5. The molecule has 0 atom stereocenters. The molecule has 2 aromatic rings. The van der Waals surface area contributed by atoms with Crippen molar-refractivity contribution in [3.8, 4) is 5.75 Å². The summed E-state index contributed by atoms with van der Waals surface area (Å²) in [5.74, 6) is 0.308. The Labute approximate surface area is 127 Å². The summed E-state index contributed by atoms with van der Waals surface area (Å²) in [4.78, 5) is 12.0. The highest BCUT2D eigenvalue weighted by molar-refractivity contribution is 6.30. The fourth-order valence-electron chi connectivity index (χ4n) is 2.16. The van der Waals surface area contributed by atoms with Gasteiger partial charge in [0.05, 0.1) is 12.2 Å². The topological polar surface area (TPSA) is 44.8 Å². The standard InChI is InChI=1S/C16H13ClO4/c17-14-6-12-8-19-10-21-15(12)13(7-14)9-20-16(18)11-4-2-1-3-5-11/h1-7H,8-10H2. The average Bonchev–Trinajstić information content (AvgIpc) is 2.53. The smallest absolute Gasteiger partial charge is 0.338 e. The molecule has 5 heteroatoms. The summed E-state index contributed by atoms with van der Waals surface area (Å²) in [6.07, 6.45) is 0. The van der Waals surface area contributed by atoms with Gasteiger partial charge in [-0.3, -0.25) is 0 Å². The number of ether oxygens (including phenoxy) is 3. The molecular weight excluding hydrogens is 292 g/mol. The minimum absolute atomic E-state index is 0.108. The van der Waals surface area contributed by atoms with Gasteiger partial charge < -0.3 is 14.2 Å². The first kappa shape index (κ1) is 13.9. The van der Waals surface area contributed by atoms with Gasteiger partial charge in [-0.1, -0.05) is 29.8 Å². The van der Waals surface area contributed by atoms with E-state index in [4.69, 9.17) is 25.8 Å². The fraction of sp³-hybridized carbons (Fsp3) is 0.188. The summed E-state index contributed by atoms with van der Waals surface area (Å²) in [7, 11) is 0.